The maximum Gasteiger partial charge on any atom is 0.350 e. The highest BCUT2D eigenvalue weighted by Crippen LogP contribution is 2.36. The van der Waals surface area contributed by atoms with Crippen molar-refractivity contribution >= 4 is 45.9 Å². The van der Waals surface area contributed by atoms with E-state index in [1.54, 1.807) is 0 Å². The van der Waals surface area contributed by atoms with Gasteiger partial charge in [-0.05, 0) is 16.8 Å². The first-order chi connectivity index (χ1) is 14.9. The molecule has 1 saturated heterocycles. The Morgan fingerprint density at radius 3 is 2.81 bits per heavy atom. The predicted octanol–water partition coefficient (Wildman–Crippen LogP) is -1.16. The molecule has 16 heteroatoms. The normalized spacial score (nSPS) is 22.4. The number of halogens is 1. The van der Waals surface area contributed by atoms with Crippen LogP contribution in [0.2, 0.25) is 0 Å². The third-order valence-corrected chi connectivity index (χ3v) is 5.74. The second-order valence-electron chi connectivity index (χ2n) is 6.86. The average molecular weight is 453 g/mol. The van der Waals surface area contributed by atoms with Crippen LogP contribution in [0.4, 0.5) is 15.5 Å². The molecule has 2 atom stereocenters. The zero-order chi connectivity index (χ0) is 22.2. The van der Waals surface area contributed by atoms with Crippen molar-refractivity contribution in [2.45, 2.75) is 36.9 Å². The maximum atomic E-state index is 13.6. The molecule has 0 spiro atoms. The van der Waals surface area contributed by atoms with E-state index in [0.29, 0.717) is 6.42 Å². The number of amides is 2. The molecule has 2 amide bonds. The molecule has 3 heterocycles. The molecular formula is C15H16FN9O5S. The Morgan fingerprint density at radius 2 is 2.29 bits per heavy atom. The van der Waals surface area contributed by atoms with Crippen molar-refractivity contribution in [2.75, 3.05) is 17.3 Å². The number of nitrogens with zero attached hydrogens (tertiary/aromatic N) is 6. The highest BCUT2D eigenvalue weighted by Gasteiger charge is 2.51. The molecule has 2 aliphatic rings. The van der Waals surface area contributed by atoms with Gasteiger partial charge in [0.15, 0.2) is 10.8 Å². The number of carboxylic acids is 1. The fourth-order valence-electron chi connectivity index (χ4n) is 3.16. The second-order valence-corrected chi connectivity index (χ2v) is 7.75. The van der Waals surface area contributed by atoms with Crippen molar-refractivity contribution in [1.29, 1.82) is 0 Å². The predicted molar refractivity (Wildman–Crippen MR) is 102 cm³/mol. The number of rotatable bonds is 8. The lowest BCUT2D eigenvalue weighted by Gasteiger charge is -2.43. The lowest BCUT2D eigenvalue weighted by Crippen LogP contribution is -2.72. The summed E-state index contributed by atoms with van der Waals surface area (Å²) in [5.74, 6) is -2.81. The Kier molecular flexibility index (Phi) is 5.22. The fraction of sp³-hybridized carbons (Fsp3) is 0.467. The quantitative estimate of drug-likeness (QED) is 0.214. The van der Waals surface area contributed by atoms with Crippen LogP contribution in [0.5, 0.6) is 0 Å². The molecular weight excluding hydrogens is 437 g/mol. The number of β-lactam (4-membered cyclic amide) rings is 1. The van der Waals surface area contributed by atoms with Gasteiger partial charge in [0.05, 0.1) is 6.04 Å². The van der Waals surface area contributed by atoms with Gasteiger partial charge in [0.2, 0.25) is 11.5 Å². The summed E-state index contributed by atoms with van der Waals surface area (Å²) in [6, 6.07) is -2.27. The minimum Gasteiger partial charge on any atom is -0.478 e. The summed E-state index contributed by atoms with van der Waals surface area (Å²) in [6.07, 6.45) is 1.09. The monoisotopic (exact) mass is 453 g/mol. The number of oxime groups is 1. The van der Waals surface area contributed by atoms with Gasteiger partial charge in [0, 0.05) is 18.2 Å². The van der Waals surface area contributed by atoms with Crippen LogP contribution in [0, 0.1) is 0 Å². The Labute approximate surface area is 176 Å². The smallest absolute Gasteiger partial charge is 0.350 e. The molecule has 2 fully saturated rings. The number of nitrogen functional groups attached to an aromatic ring is 1. The van der Waals surface area contributed by atoms with Crippen molar-refractivity contribution in [2.24, 2.45) is 5.16 Å². The summed E-state index contributed by atoms with van der Waals surface area (Å²) in [7, 11) is 0. The van der Waals surface area contributed by atoms with E-state index in [9.17, 15) is 23.9 Å². The number of nitrogens with two attached hydrogens (primary N) is 1. The fourth-order valence-corrected chi connectivity index (χ4v) is 3.71. The number of nitrogens with one attached hydrogen (secondary N) is 2. The van der Waals surface area contributed by atoms with Gasteiger partial charge >= 0.3 is 5.97 Å². The number of aromatic nitrogens is 5. The number of alkyl halides is 1. The Morgan fingerprint density at radius 1 is 1.52 bits per heavy atom. The van der Waals surface area contributed by atoms with Crippen molar-refractivity contribution < 1.29 is 28.7 Å². The molecule has 2 aromatic heterocycles. The molecule has 0 aromatic carbocycles. The summed E-state index contributed by atoms with van der Waals surface area (Å²) in [5.41, 5.74) is 3.73. The van der Waals surface area contributed by atoms with E-state index < -0.39 is 42.1 Å². The maximum absolute atomic E-state index is 13.6. The average Bonchev–Trinajstić information content (AvgIpc) is 3.37. The van der Waals surface area contributed by atoms with Crippen LogP contribution in [0.25, 0.3) is 0 Å². The van der Waals surface area contributed by atoms with E-state index in [1.807, 2.05) is 0 Å². The summed E-state index contributed by atoms with van der Waals surface area (Å²) in [6.45, 7) is -0.980. The van der Waals surface area contributed by atoms with Crippen molar-refractivity contribution in [1.82, 2.24) is 30.9 Å². The first-order valence-electron chi connectivity index (χ1n) is 9.01. The summed E-state index contributed by atoms with van der Waals surface area (Å²) < 4.78 is 13.6. The van der Waals surface area contributed by atoms with Gasteiger partial charge in [-0.1, -0.05) is 10.3 Å². The lowest BCUT2D eigenvalue weighted by atomic mass is 9.80. The zero-order valence-electron chi connectivity index (χ0n) is 15.7. The number of hydrogen-bond acceptors (Lipinski definition) is 11. The van der Waals surface area contributed by atoms with Gasteiger partial charge in [-0.2, -0.15) is 0 Å². The highest BCUT2D eigenvalue weighted by molar-refractivity contribution is 7.13. The Bertz CT molecular complexity index is 1040. The molecule has 31 heavy (non-hydrogen) atoms. The SMILES string of the molecule is Nc1nc(C(=NOC2(C(=O)O)CCC2)C(=O)NC2C(=O)N(c3nnn[nH]3)C2CF)cs1. The van der Waals surface area contributed by atoms with Crippen molar-refractivity contribution in [3.8, 4) is 0 Å². The van der Waals surface area contributed by atoms with Gasteiger partial charge in [-0.25, -0.2) is 19.3 Å². The number of hydrogen-bond donors (Lipinski definition) is 4. The van der Waals surface area contributed by atoms with Crippen molar-refractivity contribution in [3.63, 3.8) is 0 Å². The second kappa shape index (κ2) is 7.86. The van der Waals surface area contributed by atoms with Crippen LogP contribution in [0.1, 0.15) is 25.0 Å². The van der Waals surface area contributed by atoms with E-state index in [0.717, 1.165) is 16.2 Å². The van der Waals surface area contributed by atoms with Gasteiger partial charge in [0.1, 0.15) is 18.4 Å². The number of carbonyl (C=O) groups is 3. The molecule has 1 saturated carbocycles. The number of tetrazole rings is 1. The van der Waals surface area contributed by atoms with Crippen LogP contribution in [-0.2, 0) is 19.2 Å². The first-order valence-corrected chi connectivity index (χ1v) is 9.89. The van der Waals surface area contributed by atoms with E-state index in [4.69, 9.17) is 10.6 Å². The van der Waals surface area contributed by atoms with E-state index in [-0.39, 0.29) is 35.3 Å². The third-order valence-electron chi connectivity index (χ3n) is 5.07. The topological polar surface area (TPSA) is 202 Å². The van der Waals surface area contributed by atoms with Crippen LogP contribution < -0.4 is 16.0 Å². The first kappa shape index (κ1) is 20.6. The summed E-state index contributed by atoms with van der Waals surface area (Å²) in [4.78, 5) is 47.0. The van der Waals surface area contributed by atoms with E-state index in [2.05, 4.69) is 36.1 Å². The molecule has 1 aliphatic heterocycles. The van der Waals surface area contributed by atoms with Crippen LogP contribution >= 0.6 is 11.3 Å². The Hall–Kier alpha value is -3.69. The molecule has 4 rings (SSSR count). The van der Waals surface area contributed by atoms with Crippen LogP contribution in [0.3, 0.4) is 0 Å². The lowest BCUT2D eigenvalue weighted by molar-refractivity contribution is -0.178. The molecule has 164 valence electrons. The number of carboxylic acid groups (broad SMARTS) is 1. The molecule has 5 N–H and O–H groups in total. The number of thiazole rings is 1. The minimum absolute atomic E-state index is 0.0275. The molecule has 0 radical (unpaired) electrons. The standard InChI is InChI=1S/C15H16FN9O5S/c16-4-7-9(11(27)25(7)14-20-23-24-21-14)19-10(26)8(6-5-31-13(17)18-6)22-30-15(12(28)29)2-1-3-15/h5,7,9H,1-4H2,(H2,17,18)(H,19,26)(H,28,29)(H,20,21,23,24). The molecule has 1 aliphatic carbocycles. The largest absolute Gasteiger partial charge is 0.478 e. The summed E-state index contributed by atoms with van der Waals surface area (Å²) >= 11 is 1.02. The number of carbonyl (C=O) groups excluding carboxylic acids is 2. The highest BCUT2D eigenvalue weighted by atomic mass is 32.1. The van der Waals surface area contributed by atoms with Gasteiger partial charge < -0.3 is 21.0 Å². The van der Waals surface area contributed by atoms with Crippen LogP contribution in [0.15, 0.2) is 10.5 Å². The molecule has 14 nitrogen and oxygen atoms in total. The van der Waals surface area contributed by atoms with Crippen LogP contribution in [-0.4, -0.2) is 78.6 Å². The van der Waals surface area contributed by atoms with Gasteiger partial charge in [-0.3, -0.25) is 14.5 Å². The minimum atomic E-state index is -1.53. The third kappa shape index (κ3) is 3.54. The van der Waals surface area contributed by atoms with E-state index >= 15 is 0 Å². The Balaban J connectivity index is 1.54. The number of aromatic amines is 1. The number of aliphatic carboxylic acids is 1. The van der Waals surface area contributed by atoms with Gasteiger partial charge in [-0.15, -0.1) is 11.3 Å². The molecule has 2 aromatic rings. The number of H-pyrrole nitrogens is 1. The van der Waals surface area contributed by atoms with Crippen molar-refractivity contribution in [3.05, 3.63) is 11.1 Å². The zero-order valence-corrected chi connectivity index (χ0v) is 16.5. The number of anilines is 2. The van der Waals surface area contributed by atoms with E-state index in [1.165, 1.54) is 5.38 Å². The summed E-state index contributed by atoms with van der Waals surface area (Å²) in [5, 5.41) is 29.6. The van der Waals surface area contributed by atoms with Gasteiger partial charge in [0.25, 0.3) is 11.8 Å². The molecule has 0 bridgehead atoms. The molecule has 2 unspecified atom stereocenters.